The van der Waals surface area contributed by atoms with Gasteiger partial charge in [-0.1, -0.05) is 49.4 Å². The lowest BCUT2D eigenvalue weighted by molar-refractivity contribution is -0.123. The van der Waals surface area contributed by atoms with Crippen LogP contribution in [0.2, 0.25) is 0 Å². The summed E-state index contributed by atoms with van der Waals surface area (Å²) in [5.41, 5.74) is 2.41. The van der Waals surface area contributed by atoms with Crippen molar-refractivity contribution in [2.24, 2.45) is 0 Å². The number of carbonyl (C=O) groups excluding carboxylic acids is 2. The van der Waals surface area contributed by atoms with Crippen molar-refractivity contribution >= 4 is 33.0 Å². The number of para-hydroxylation sites is 1. The average molecular weight is 465 g/mol. The van der Waals surface area contributed by atoms with Crippen LogP contribution in [0.5, 0.6) is 0 Å². The Morgan fingerprint density at radius 2 is 1.67 bits per heavy atom. The van der Waals surface area contributed by atoms with Gasteiger partial charge in [-0.2, -0.15) is 0 Å². The molecule has 1 unspecified atom stereocenters. The second kappa shape index (κ2) is 7.52. The summed E-state index contributed by atoms with van der Waals surface area (Å²) in [6, 6.07) is 19.4. The van der Waals surface area contributed by atoms with Gasteiger partial charge in [-0.15, -0.1) is 0 Å². The first-order chi connectivity index (χ1) is 15.8. The molecule has 0 aliphatic carbocycles. The van der Waals surface area contributed by atoms with Crippen LogP contribution >= 0.6 is 0 Å². The molecule has 0 bridgehead atoms. The molecule has 0 aromatic heterocycles. The van der Waals surface area contributed by atoms with E-state index in [2.05, 4.69) is 0 Å². The molecule has 0 saturated carbocycles. The van der Waals surface area contributed by atoms with E-state index in [1.165, 1.54) is 23.1 Å². The number of fused-ring (bicyclic) bond motifs is 2. The zero-order valence-electron chi connectivity index (χ0n) is 17.9. The van der Waals surface area contributed by atoms with Crippen molar-refractivity contribution in [2.45, 2.75) is 24.8 Å². The van der Waals surface area contributed by atoms with Gasteiger partial charge in [0.2, 0.25) is 5.91 Å². The third kappa shape index (κ3) is 3.01. The molecular weight excluding hydrogens is 443 g/mol. The van der Waals surface area contributed by atoms with Crippen LogP contribution in [-0.4, -0.2) is 26.0 Å². The first-order valence-corrected chi connectivity index (χ1v) is 12.2. The van der Waals surface area contributed by atoms with Gasteiger partial charge in [-0.3, -0.25) is 14.5 Å². The quantitative estimate of drug-likeness (QED) is 0.592. The minimum Gasteiger partial charge on any atom is -0.304 e. The van der Waals surface area contributed by atoms with Crippen LogP contribution < -0.4 is 9.80 Å². The summed E-state index contributed by atoms with van der Waals surface area (Å²) >= 11 is 0. The maximum atomic E-state index is 14.0. The molecule has 5 rings (SSSR count). The molecule has 1 saturated heterocycles. The summed E-state index contributed by atoms with van der Waals surface area (Å²) in [7, 11) is -4.24. The van der Waals surface area contributed by atoms with Crippen molar-refractivity contribution in [3.8, 4) is 0 Å². The molecule has 1 spiro atoms. The molecule has 0 N–H and O–H groups in total. The molecule has 1 atom stereocenters. The number of anilines is 2. The smallest absolute Gasteiger partial charge is 0.274 e. The Morgan fingerprint density at radius 1 is 0.939 bits per heavy atom. The van der Waals surface area contributed by atoms with Crippen molar-refractivity contribution in [3.05, 3.63) is 95.3 Å². The number of amides is 2. The summed E-state index contributed by atoms with van der Waals surface area (Å²) < 4.78 is 41.0. The molecule has 8 heteroatoms. The molecule has 2 aliphatic heterocycles. The number of carbonyl (C=O) groups is 2. The minimum absolute atomic E-state index is 0.0259. The van der Waals surface area contributed by atoms with Crippen molar-refractivity contribution in [1.29, 1.82) is 0 Å². The van der Waals surface area contributed by atoms with Crippen LogP contribution in [0.4, 0.5) is 15.8 Å². The van der Waals surface area contributed by atoms with Crippen LogP contribution in [0, 0.1) is 5.82 Å². The number of hydrogen-bond acceptors (Lipinski definition) is 4. The maximum Gasteiger partial charge on any atom is 0.274 e. The molecule has 3 aromatic rings. The Kier molecular flexibility index (Phi) is 4.86. The van der Waals surface area contributed by atoms with Gasteiger partial charge in [0.05, 0.1) is 12.2 Å². The zero-order valence-corrected chi connectivity index (χ0v) is 18.7. The Morgan fingerprint density at radius 3 is 2.42 bits per heavy atom. The zero-order chi connectivity index (χ0) is 23.4. The number of nitrogens with zero attached hydrogens (tertiary/aromatic N) is 2. The minimum atomic E-state index is -4.24. The molecule has 2 aliphatic rings. The number of halogens is 1. The summed E-state index contributed by atoms with van der Waals surface area (Å²) in [6.07, 6.45) is 0.686. The third-order valence-electron chi connectivity index (χ3n) is 6.23. The largest absolute Gasteiger partial charge is 0.304 e. The lowest BCUT2D eigenvalue weighted by Gasteiger charge is -2.33. The SMILES string of the molecule is CCc1cccc(N2C(=O)CS(=O)(=O)C23C(=O)N(Cc2cccc(F)c2)c2ccccc23)c1. The number of hydrogen-bond donors (Lipinski definition) is 0. The van der Waals surface area contributed by atoms with E-state index in [0.717, 1.165) is 10.5 Å². The topological polar surface area (TPSA) is 74.8 Å². The maximum absolute atomic E-state index is 14.0. The van der Waals surface area contributed by atoms with Crippen LogP contribution in [-0.2, 0) is 37.3 Å². The van der Waals surface area contributed by atoms with Gasteiger partial charge in [0.15, 0.2) is 9.84 Å². The van der Waals surface area contributed by atoms with E-state index in [0.29, 0.717) is 23.4 Å². The van der Waals surface area contributed by atoms with E-state index >= 15 is 0 Å². The molecular formula is C25H21FN2O4S. The van der Waals surface area contributed by atoms with Crippen LogP contribution in [0.1, 0.15) is 23.6 Å². The van der Waals surface area contributed by atoms with Gasteiger partial charge in [0.1, 0.15) is 11.6 Å². The average Bonchev–Trinajstić information content (AvgIpc) is 3.16. The summed E-state index contributed by atoms with van der Waals surface area (Å²) in [4.78, 5) is 27.4. The fraction of sp³-hybridized carbons (Fsp3) is 0.200. The normalized spacial score (nSPS) is 21.2. The van der Waals surface area contributed by atoms with Gasteiger partial charge in [0, 0.05) is 11.3 Å². The number of benzene rings is 3. The second-order valence-electron chi connectivity index (χ2n) is 8.19. The highest BCUT2D eigenvalue weighted by Crippen LogP contribution is 2.52. The van der Waals surface area contributed by atoms with Crippen LogP contribution in [0.3, 0.4) is 0 Å². The highest BCUT2D eigenvalue weighted by Gasteiger charge is 2.69. The monoisotopic (exact) mass is 464 g/mol. The van der Waals surface area contributed by atoms with Gasteiger partial charge >= 0.3 is 0 Å². The van der Waals surface area contributed by atoms with E-state index in [1.807, 2.05) is 13.0 Å². The molecule has 33 heavy (non-hydrogen) atoms. The fourth-order valence-electron chi connectivity index (χ4n) is 4.78. The first-order valence-electron chi connectivity index (χ1n) is 10.6. The Bertz CT molecular complexity index is 1400. The van der Waals surface area contributed by atoms with Crippen molar-refractivity contribution in [3.63, 3.8) is 0 Å². The first kappa shape index (κ1) is 21.3. The number of aryl methyl sites for hydroxylation is 1. The van der Waals surface area contributed by atoms with Crippen LogP contribution in [0.25, 0.3) is 0 Å². The van der Waals surface area contributed by atoms with E-state index in [4.69, 9.17) is 0 Å². The third-order valence-corrected chi connectivity index (χ3v) is 8.33. The molecule has 2 heterocycles. The van der Waals surface area contributed by atoms with Gasteiger partial charge < -0.3 is 4.90 Å². The Hall–Kier alpha value is -3.52. The Balaban J connectivity index is 1.73. The molecule has 0 radical (unpaired) electrons. The van der Waals surface area contributed by atoms with Gasteiger partial charge in [-0.05, 0) is 47.9 Å². The highest BCUT2D eigenvalue weighted by atomic mass is 32.2. The standard InChI is InChI=1S/C25H21FN2O4S/c1-2-17-7-6-10-20(14-17)28-23(29)16-33(31,32)25(28)21-11-3-4-12-22(21)27(24(25)30)15-18-8-5-9-19(26)13-18/h3-14H,2,15-16H2,1H3. The predicted molar refractivity (Wildman–Crippen MR) is 123 cm³/mol. The van der Waals surface area contributed by atoms with Gasteiger partial charge in [0.25, 0.3) is 10.8 Å². The fourth-order valence-corrected chi connectivity index (χ4v) is 6.81. The van der Waals surface area contributed by atoms with Crippen molar-refractivity contribution < 1.29 is 22.4 Å². The van der Waals surface area contributed by atoms with E-state index in [9.17, 15) is 22.4 Å². The van der Waals surface area contributed by atoms with Crippen LogP contribution in [0.15, 0.2) is 72.8 Å². The Labute approximate surface area is 191 Å². The number of sulfone groups is 1. The van der Waals surface area contributed by atoms with Gasteiger partial charge in [-0.25, -0.2) is 12.8 Å². The second-order valence-corrected chi connectivity index (χ2v) is 10.3. The molecule has 3 aromatic carbocycles. The predicted octanol–water partition coefficient (Wildman–Crippen LogP) is 3.55. The lowest BCUT2D eigenvalue weighted by atomic mass is 10.0. The van der Waals surface area contributed by atoms with Crippen molar-refractivity contribution in [2.75, 3.05) is 15.6 Å². The van der Waals surface area contributed by atoms with E-state index in [-0.39, 0.29) is 12.1 Å². The molecule has 168 valence electrons. The summed E-state index contributed by atoms with van der Waals surface area (Å²) in [6.45, 7) is 1.93. The van der Waals surface area contributed by atoms with Crippen molar-refractivity contribution in [1.82, 2.24) is 0 Å². The molecule has 1 fully saturated rings. The number of rotatable bonds is 4. The lowest BCUT2D eigenvalue weighted by Crippen LogP contribution is -2.54. The summed E-state index contributed by atoms with van der Waals surface area (Å²) in [5.74, 6) is -2.61. The van der Waals surface area contributed by atoms with E-state index < -0.39 is 38.1 Å². The molecule has 6 nitrogen and oxygen atoms in total. The molecule has 2 amide bonds. The van der Waals surface area contributed by atoms with E-state index in [1.54, 1.807) is 48.5 Å². The summed E-state index contributed by atoms with van der Waals surface area (Å²) in [5, 5.41) is 0. The highest BCUT2D eigenvalue weighted by molar-refractivity contribution is 7.94.